The summed E-state index contributed by atoms with van der Waals surface area (Å²) < 4.78 is 0.301. The summed E-state index contributed by atoms with van der Waals surface area (Å²) in [6, 6.07) is 0. The minimum Gasteiger partial charge on any atom is -0.354 e. The normalized spacial score (nSPS) is 25.3. The third-order valence-corrected chi connectivity index (χ3v) is 6.12. The summed E-state index contributed by atoms with van der Waals surface area (Å²) in [6.07, 6.45) is 10.4. The van der Waals surface area contributed by atoms with Gasteiger partial charge in [0.2, 0.25) is 5.91 Å². The monoisotopic (exact) mass is 256 g/mol. The van der Waals surface area contributed by atoms with E-state index in [0.717, 1.165) is 25.8 Å². The predicted octanol–water partition coefficient (Wildman–Crippen LogP) is 1.91. The minimum atomic E-state index is -0.224. The molecule has 2 aliphatic rings. The lowest BCUT2D eigenvalue weighted by Gasteiger charge is -2.40. The van der Waals surface area contributed by atoms with Crippen LogP contribution in [0.1, 0.15) is 44.9 Å². The second kappa shape index (κ2) is 5.19. The number of rotatable bonds is 5. The third kappa shape index (κ3) is 2.48. The van der Waals surface area contributed by atoms with Crippen molar-refractivity contribution in [3.63, 3.8) is 0 Å². The second-order valence-corrected chi connectivity index (χ2v) is 6.89. The Balaban J connectivity index is 1.87. The van der Waals surface area contributed by atoms with Crippen LogP contribution < -0.4 is 11.1 Å². The molecule has 3 N–H and O–H groups in total. The summed E-state index contributed by atoms with van der Waals surface area (Å²) in [4.78, 5) is 12.2. The lowest BCUT2D eigenvalue weighted by atomic mass is 9.68. The lowest BCUT2D eigenvalue weighted by molar-refractivity contribution is -0.135. The van der Waals surface area contributed by atoms with E-state index in [9.17, 15) is 4.79 Å². The van der Waals surface area contributed by atoms with Gasteiger partial charge in [-0.1, -0.05) is 19.3 Å². The van der Waals surface area contributed by atoms with E-state index in [4.69, 9.17) is 5.73 Å². The number of carbonyl (C=O) groups is 1. The van der Waals surface area contributed by atoms with Crippen molar-refractivity contribution in [1.29, 1.82) is 0 Å². The van der Waals surface area contributed by atoms with E-state index in [1.54, 1.807) is 0 Å². The molecule has 0 radical (unpaired) electrons. The smallest absolute Gasteiger partial charge is 0.227 e. The van der Waals surface area contributed by atoms with Crippen molar-refractivity contribution < 1.29 is 4.79 Å². The highest BCUT2D eigenvalue weighted by atomic mass is 32.2. The number of amides is 1. The fourth-order valence-corrected chi connectivity index (χ4v) is 3.94. The molecule has 0 aromatic heterocycles. The van der Waals surface area contributed by atoms with Gasteiger partial charge in [0.25, 0.3) is 0 Å². The molecule has 0 unspecified atom stereocenters. The van der Waals surface area contributed by atoms with Gasteiger partial charge in [0.05, 0.1) is 5.41 Å². The quantitative estimate of drug-likeness (QED) is 0.790. The molecule has 0 atom stereocenters. The topological polar surface area (TPSA) is 55.1 Å². The number of nitrogens with two attached hydrogens (primary N) is 1. The summed E-state index contributed by atoms with van der Waals surface area (Å²) in [7, 11) is 0. The van der Waals surface area contributed by atoms with Crippen LogP contribution in [0.3, 0.4) is 0 Å². The second-order valence-electron chi connectivity index (χ2n) is 5.61. The van der Waals surface area contributed by atoms with Crippen LogP contribution in [0.4, 0.5) is 0 Å². The Morgan fingerprint density at radius 1 is 1.24 bits per heavy atom. The first kappa shape index (κ1) is 13.2. The average Bonchev–Trinajstić information content (AvgIpc) is 2.75. The molecule has 0 spiro atoms. The molecule has 0 aromatic rings. The maximum atomic E-state index is 12.2. The van der Waals surface area contributed by atoms with Crippen molar-refractivity contribution in [1.82, 2.24) is 5.32 Å². The number of hydrogen-bond donors (Lipinski definition) is 2. The molecule has 17 heavy (non-hydrogen) atoms. The molecular weight excluding hydrogens is 232 g/mol. The maximum Gasteiger partial charge on any atom is 0.227 e. The molecule has 4 heteroatoms. The van der Waals surface area contributed by atoms with Crippen molar-refractivity contribution in [2.75, 3.05) is 19.3 Å². The van der Waals surface area contributed by atoms with Crippen LogP contribution in [-0.4, -0.2) is 30.0 Å². The third-order valence-electron chi connectivity index (χ3n) is 4.70. The van der Waals surface area contributed by atoms with Crippen molar-refractivity contribution in [3.8, 4) is 0 Å². The Kier molecular flexibility index (Phi) is 4.03. The van der Waals surface area contributed by atoms with Crippen LogP contribution in [0.25, 0.3) is 0 Å². The van der Waals surface area contributed by atoms with Crippen LogP contribution in [0.5, 0.6) is 0 Å². The van der Waals surface area contributed by atoms with Crippen LogP contribution in [-0.2, 0) is 4.79 Å². The molecule has 3 nitrogen and oxygen atoms in total. The van der Waals surface area contributed by atoms with Gasteiger partial charge in [0.15, 0.2) is 0 Å². The first-order valence-corrected chi connectivity index (χ1v) is 7.92. The van der Waals surface area contributed by atoms with Crippen molar-refractivity contribution in [3.05, 3.63) is 0 Å². The molecule has 2 rings (SSSR count). The van der Waals surface area contributed by atoms with Gasteiger partial charge in [-0.25, -0.2) is 0 Å². The first-order valence-electron chi connectivity index (χ1n) is 6.70. The Bertz CT molecular complexity index is 278. The van der Waals surface area contributed by atoms with Gasteiger partial charge in [-0.15, -0.1) is 0 Å². The molecule has 0 aromatic carbocycles. The van der Waals surface area contributed by atoms with Crippen LogP contribution in [0, 0.1) is 5.41 Å². The molecule has 2 aliphatic carbocycles. The van der Waals surface area contributed by atoms with Gasteiger partial charge in [0, 0.05) is 17.8 Å². The zero-order valence-electron chi connectivity index (χ0n) is 10.8. The van der Waals surface area contributed by atoms with Gasteiger partial charge in [0.1, 0.15) is 0 Å². The highest BCUT2D eigenvalue weighted by molar-refractivity contribution is 8.00. The molecular formula is C13H24N2OS. The Labute approximate surface area is 108 Å². The van der Waals surface area contributed by atoms with Gasteiger partial charge < -0.3 is 11.1 Å². The van der Waals surface area contributed by atoms with E-state index in [1.807, 2.05) is 11.8 Å². The van der Waals surface area contributed by atoms with Crippen molar-refractivity contribution >= 4 is 17.7 Å². The van der Waals surface area contributed by atoms with Crippen LogP contribution in [0.2, 0.25) is 0 Å². The summed E-state index contributed by atoms with van der Waals surface area (Å²) in [6.45, 7) is 1.33. The summed E-state index contributed by atoms with van der Waals surface area (Å²) in [5.74, 6) is 0.201. The molecule has 98 valence electrons. The standard InChI is InChI=1S/C13H24N2OS/c1-17-13(7-2-3-8-13)10-15-11(16)12(9-14)5-4-6-12/h2-10,14H2,1H3,(H,15,16). The van der Waals surface area contributed by atoms with Gasteiger partial charge in [-0.3, -0.25) is 4.79 Å². The number of carbonyl (C=O) groups excluding carboxylic acids is 1. The Morgan fingerprint density at radius 2 is 1.88 bits per heavy atom. The highest BCUT2D eigenvalue weighted by Crippen LogP contribution is 2.42. The van der Waals surface area contributed by atoms with E-state index in [1.165, 1.54) is 25.7 Å². The van der Waals surface area contributed by atoms with Gasteiger partial charge in [-0.2, -0.15) is 11.8 Å². The molecule has 0 saturated heterocycles. The number of thioether (sulfide) groups is 1. The van der Waals surface area contributed by atoms with E-state index >= 15 is 0 Å². The highest BCUT2D eigenvalue weighted by Gasteiger charge is 2.43. The zero-order chi connectivity index (χ0) is 12.4. The van der Waals surface area contributed by atoms with Gasteiger partial charge in [-0.05, 0) is 31.9 Å². The average molecular weight is 256 g/mol. The summed E-state index contributed by atoms with van der Waals surface area (Å²) in [5.41, 5.74) is 5.53. The molecule has 0 bridgehead atoms. The van der Waals surface area contributed by atoms with E-state index < -0.39 is 0 Å². The summed E-state index contributed by atoms with van der Waals surface area (Å²) >= 11 is 1.92. The molecule has 2 saturated carbocycles. The van der Waals surface area contributed by atoms with Crippen molar-refractivity contribution in [2.45, 2.75) is 49.7 Å². The SMILES string of the molecule is CSC1(CNC(=O)C2(CN)CCC2)CCCC1. The molecule has 0 aliphatic heterocycles. The lowest BCUT2D eigenvalue weighted by Crippen LogP contribution is -2.52. The molecule has 1 amide bonds. The maximum absolute atomic E-state index is 12.2. The van der Waals surface area contributed by atoms with E-state index in [0.29, 0.717) is 11.3 Å². The van der Waals surface area contributed by atoms with E-state index in [-0.39, 0.29) is 11.3 Å². The number of nitrogens with one attached hydrogen (secondary N) is 1. The predicted molar refractivity (Wildman–Crippen MR) is 73.1 cm³/mol. The zero-order valence-corrected chi connectivity index (χ0v) is 11.6. The van der Waals surface area contributed by atoms with Crippen LogP contribution in [0.15, 0.2) is 0 Å². The minimum absolute atomic E-state index is 0.201. The Hall–Kier alpha value is -0.220. The first-order chi connectivity index (χ1) is 8.16. The number of hydrogen-bond acceptors (Lipinski definition) is 3. The van der Waals surface area contributed by atoms with Crippen LogP contribution >= 0.6 is 11.8 Å². The van der Waals surface area contributed by atoms with E-state index in [2.05, 4.69) is 11.6 Å². The summed E-state index contributed by atoms with van der Waals surface area (Å²) in [5, 5.41) is 3.17. The molecule has 0 heterocycles. The van der Waals surface area contributed by atoms with Gasteiger partial charge >= 0.3 is 0 Å². The fraction of sp³-hybridized carbons (Fsp3) is 0.923. The fourth-order valence-electron chi connectivity index (χ4n) is 3.03. The van der Waals surface area contributed by atoms with Crippen molar-refractivity contribution in [2.24, 2.45) is 11.1 Å². The Morgan fingerprint density at radius 3 is 2.29 bits per heavy atom. The largest absolute Gasteiger partial charge is 0.354 e. The molecule has 2 fully saturated rings.